The summed E-state index contributed by atoms with van der Waals surface area (Å²) < 4.78 is 1.51. The number of carbonyl (C=O) groups excluding carboxylic acids is 1. The van der Waals surface area contributed by atoms with E-state index in [0.29, 0.717) is 22.5 Å². The van der Waals surface area contributed by atoms with Crippen LogP contribution in [0.4, 0.5) is 11.5 Å². The second-order valence-electron chi connectivity index (χ2n) is 4.62. The van der Waals surface area contributed by atoms with E-state index < -0.39 is 4.92 Å². The fourth-order valence-electron chi connectivity index (χ4n) is 1.91. The van der Waals surface area contributed by atoms with E-state index in [1.165, 1.54) is 22.9 Å². The van der Waals surface area contributed by atoms with Crippen LogP contribution >= 0.6 is 0 Å². The van der Waals surface area contributed by atoms with E-state index in [-0.39, 0.29) is 18.1 Å². The third kappa shape index (κ3) is 2.99. The van der Waals surface area contributed by atoms with Crippen LogP contribution in [0, 0.1) is 17.0 Å². The molecule has 0 fully saturated rings. The molecule has 1 amide bonds. The molecule has 2 aromatic rings. The lowest BCUT2D eigenvalue weighted by Crippen LogP contribution is -2.23. The average Bonchev–Trinajstić information content (AvgIpc) is 2.75. The summed E-state index contributed by atoms with van der Waals surface area (Å²) in [5, 5.41) is 17.4. The number of nitro groups is 1. The molecule has 3 N–H and O–H groups in total. The first-order valence-corrected chi connectivity index (χ1v) is 6.19. The second-order valence-corrected chi connectivity index (χ2v) is 4.62. The highest BCUT2D eigenvalue weighted by molar-refractivity contribution is 5.94. The zero-order chi connectivity index (χ0) is 15.6. The molecule has 0 saturated heterocycles. The number of aryl methyl sites for hydroxylation is 2. The highest BCUT2D eigenvalue weighted by atomic mass is 16.6. The number of nitrogens with one attached hydrogen (secondary N) is 1. The van der Waals surface area contributed by atoms with E-state index >= 15 is 0 Å². The van der Waals surface area contributed by atoms with Crippen LogP contribution in [-0.2, 0) is 13.6 Å². The first-order valence-electron chi connectivity index (χ1n) is 6.19. The fraction of sp³-hybridized carbons (Fsp3) is 0.231. The molecule has 0 unspecified atom stereocenters. The van der Waals surface area contributed by atoms with Crippen LogP contribution in [0.3, 0.4) is 0 Å². The van der Waals surface area contributed by atoms with Crippen molar-refractivity contribution in [3.8, 4) is 0 Å². The summed E-state index contributed by atoms with van der Waals surface area (Å²) in [4.78, 5) is 22.3. The number of nitrogens with two attached hydrogens (primary N) is 1. The van der Waals surface area contributed by atoms with Crippen molar-refractivity contribution in [1.82, 2.24) is 15.1 Å². The molecule has 0 saturated carbocycles. The van der Waals surface area contributed by atoms with Gasteiger partial charge in [0.05, 0.1) is 11.1 Å². The summed E-state index contributed by atoms with van der Waals surface area (Å²) in [5.74, 6) is 0.159. The van der Waals surface area contributed by atoms with E-state index in [1.807, 2.05) is 0 Å². The van der Waals surface area contributed by atoms with Crippen molar-refractivity contribution >= 4 is 17.4 Å². The van der Waals surface area contributed by atoms with Crippen molar-refractivity contribution in [2.45, 2.75) is 13.5 Å². The van der Waals surface area contributed by atoms with Crippen LogP contribution in [-0.4, -0.2) is 20.6 Å². The Kier molecular flexibility index (Phi) is 3.88. The van der Waals surface area contributed by atoms with Gasteiger partial charge in [0.2, 0.25) is 0 Å². The van der Waals surface area contributed by atoms with Crippen molar-refractivity contribution in [3.63, 3.8) is 0 Å². The lowest BCUT2D eigenvalue weighted by atomic mass is 10.1. The zero-order valence-corrected chi connectivity index (χ0v) is 11.7. The first-order chi connectivity index (χ1) is 9.90. The summed E-state index contributed by atoms with van der Waals surface area (Å²) in [6.07, 6.45) is 1.58. The highest BCUT2D eigenvalue weighted by Crippen LogP contribution is 2.19. The maximum atomic E-state index is 12.0. The van der Waals surface area contributed by atoms with Gasteiger partial charge in [-0.1, -0.05) is 0 Å². The van der Waals surface area contributed by atoms with Gasteiger partial charge in [0.15, 0.2) is 0 Å². The number of aromatic nitrogens is 2. The number of anilines is 1. The molecule has 1 aromatic carbocycles. The van der Waals surface area contributed by atoms with E-state index in [2.05, 4.69) is 10.4 Å². The minimum Gasteiger partial charge on any atom is -0.384 e. The molecule has 2 rings (SSSR count). The summed E-state index contributed by atoms with van der Waals surface area (Å²) >= 11 is 0. The SMILES string of the molecule is Cc1cc(C(=O)NCc2cnn(C)c2N)ccc1[N+](=O)[O-]. The Morgan fingerprint density at radius 2 is 2.24 bits per heavy atom. The van der Waals surface area contributed by atoms with Gasteiger partial charge in [0.1, 0.15) is 5.82 Å². The zero-order valence-electron chi connectivity index (χ0n) is 11.7. The molecule has 0 aliphatic heterocycles. The third-order valence-corrected chi connectivity index (χ3v) is 3.16. The van der Waals surface area contributed by atoms with Gasteiger partial charge in [-0.2, -0.15) is 5.10 Å². The minimum atomic E-state index is -0.479. The summed E-state index contributed by atoms with van der Waals surface area (Å²) in [7, 11) is 1.71. The number of nitrogens with zero attached hydrogens (tertiary/aromatic N) is 3. The molecular weight excluding hydrogens is 274 g/mol. The predicted molar refractivity (Wildman–Crippen MR) is 76.6 cm³/mol. The topological polar surface area (TPSA) is 116 Å². The third-order valence-electron chi connectivity index (χ3n) is 3.16. The Balaban J connectivity index is 2.09. The van der Waals surface area contributed by atoms with Crippen molar-refractivity contribution in [1.29, 1.82) is 0 Å². The molecule has 8 heteroatoms. The smallest absolute Gasteiger partial charge is 0.272 e. The van der Waals surface area contributed by atoms with Crippen molar-refractivity contribution in [2.75, 3.05) is 5.73 Å². The van der Waals surface area contributed by atoms with Gasteiger partial charge in [-0.3, -0.25) is 19.6 Å². The molecule has 1 aromatic heterocycles. The number of carbonyl (C=O) groups is 1. The Bertz CT molecular complexity index is 708. The summed E-state index contributed by atoms with van der Waals surface area (Å²) in [6.45, 7) is 1.84. The molecule has 0 radical (unpaired) electrons. The van der Waals surface area contributed by atoms with E-state index in [9.17, 15) is 14.9 Å². The van der Waals surface area contributed by atoms with Crippen LogP contribution < -0.4 is 11.1 Å². The van der Waals surface area contributed by atoms with Gasteiger partial charge in [-0.05, 0) is 19.1 Å². The predicted octanol–water partition coefficient (Wildman–Crippen LogP) is 1.15. The quantitative estimate of drug-likeness (QED) is 0.647. The van der Waals surface area contributed by atoms with Gasteiger partial charge >= 0.3 is 0 Å². The van der Waals surface area contributed by atoms with Crippen molar-refractivity contribution in [3.05, 3.63) is 51.2 Å². The molecule has 21 heavy (non-hydrogen) atoms. The van der Waals surface area contributed by atoms with E-state index in [1.54, 1.807) is 20.2 Å². The Morgan fingerprint density at radius 3 is 2.76 bits per heavy atom. The number of hydrogen-bond acceptors (Lipinski definition) is 5. The molecule has 0 bridgehead atoms. The Labute approximate surface area is 120 Å². The van der Waals surface area contributed by atoms with E-state index in [0.717, 1.165) is 0 Å². The van der Waals surface area contributed by atoms with Gasteiger partial charge in [-0.25, -0.2) is 0 Å². The molecule has 1 heterocycles. The maximum Gasteiger partial charge on any atom is 0.272 e. The molecule has 0 aliphatic carbocycles. The number of nitrogen functional groups attached to an aromatic ring is 1. The van der Waals surface area contributed by atoms with Crippen molar-refractivity contribution < 1.29 is 9.72 Å². The van der Waals surface area contributed by atoms with Gasteiger partial charge < -0.3 is 11.1 Å². The van der Waals surface area contributed by atoms with Crippen molar-refractivity contribution in [2.24, 2.45) is 7.05 Å². The maximum absolute atomic E-state index is 12.0. The molecule has 0 atom stereocenters. The average molecular weight is 289 g/mol. The highest BCUT2D eigenvalue weighted by Gasteiger charge is 2.14. The molecule has 110 valence electrons. The lowest BCUT2D eigenvalue weighted by Gasteiger charge is -2.06. The van der Waals surface area contributed by atoms with Gasteiger partial charge in [-0.15, -0.1) is 0 Å². The van der Waals surface area contributed by atoms with Crippen LogP contribution in [0.1, 0.15) is 21.5 Å². The number of rotatable bonds is 4. The lowest BCUT2D eigenvalue weighted by molar-refractivity contribution is -0.385. The van der Waals surface area contributed by atoms with Gasteiger partial charge in [0.25, 0.3) is 11.6 Å². The molecule has 8 nitrogen and oxygen atoms in total. The number of hydrogen-bond donors (Lipinski definition) is 2. The van der Waals surface area contributed by atoms with E-state index in [4.69, 9.17) is 5.73 Å². The summed E-state index contributed by atoms with van der Waals surface area (Å²) in [5.41, 5.74) is 7.28. The Morgan fingerprint density at radius 1 is 1.52 bits per heavy atom. The van der Waals surface area contributed by atoms with Crippen LogP contribution in [0.2, 0.25) is 0 Å². The molecular formula is C13H15N5O3. The number of benzene rings is 1. The molecule has 0 spiro atoms. The monoisotopic (exact) mass is 289 g/mol. The normalized spacial score (nSPS) is 10.4. The molecule has 0 aliphatic rings. The first kappa shape index (κ1) is 14.5. The number of amides is 1. The standard InChI is InChI=1S/C13H15N5O3/c1-8-5-9(3-4-11(8)18(20)21)13(19)15-6-10-7-16-17(2)12(10)14/h3-5,7H,6,14H2,1-2H3,(H,15,19). The van der Waals surface area contributed by atoms with Crippen LogP contribution in [0.5, 0.6) is 0 Å². The van der Waals surface area contributed by atoms with Crippen LogP contribution in [0.25, 0.3) is 0 Å². The fourth-order valence-corrected chi connectivity index (χ4v) is 1.91. The second kappa shape index (κ2) is 5.61. The summed E-state index contributed by atoms with van der Waals surface area (Å²) in [6, 6.07) is 4.23. The largest absolute Gasteiger partial charge is 0.384 e. The minimum absolute atomic E-state index is 0.0111. The van der Waals surface area contributed by atoms with Gasteiger partial charge in [0, 0.05) is 36.3 Å². The van der Waals surface area contributed by atoms with Crippen LogP contribution in [0.15, 0.2) is 24.4 Å². The Hall–Kier alpha value is -2.90. The number of nitro benzene ring substituents is 1.